The van der Waals surface area contributed by atoms with Crippen LogP contribution in [0.4, 0.5) is 31.1 Å². The van der Waals surface area contributed by atoms with Gasteiger partial charge in [-0.3, -0.25) is 14.7 Å². The molecule has 0 spiro atoms. The second kappa shape index (κ2) is 10.8. The SMILES string of the molecule is O=C1CCCN(C(=O)N2C(c3ccccc3C(F)(F)F)=NC(c3ccc(C(F)(F)F)cc3)C2c2cccc(Cl)c2)C1. The third kappa shape index (κ3) is 5.81. The number of amidine groups is 1. The van der Waals surface area contributed by atoms with Crippen molar-refractivity contribution in [2.45, 2.75) is 37.3 Å². The van der Waals surface area contributed by atoms with E-state index in [1.54, 1.807) is 18.2 Å². The van der Waals surface area contributed by atoms with Crippen LogP contribution in [0.25, 0.3) is 0 Å². The standard InChI is InChI=1S/C29H22ClF6N3O2/c30-20-6-3-5-18(15-20)25-24(17-10-12-19(13-11-17)28(31,32)33)37-26(22-8-1-2-9-23(22)29(34,35)36)39(25)27(41)38-14-4-7-21(40)16-38/h1-3,5-6,8-13,15,24-25H,4,7,14,16H2. The third-order valence-electron chi connectivity index (χ3n) is 7.04. The average molecular weight is 594 g/mol. The van der Waals surface area contributed by atoms with Crippen LogP contribution in [0.1, 0.15) is 52.7 Å². The Morgan fingerprint density at radius 2 is 1.59 bits per heavy atom. The first kappa shape index (κ1) is 28.7. The van der Waals surface area contributed by atoms with E-state index in [1.165, 1.54) is 41.3 Å². The predicted molar refractivity (Wildman–Crippen MR) is 139 cm³/mol. The van der Waals surface area contributed by atoms with Gasteiger partial charge in [0.25, 0.3) is 0 Å². The van der Waals surface area contributed by atoms with Crippen molar-refractivity contribution in [2.24, 2.45) is 4.99 Å². The maximum absolute atomic E-state index is 14.1. The lowest BCUT2D eigenvalue weighted by Crippen LogP contribution is -2.50. The molecule has 2 atom stereocenters. The second-order valence-corrected chi connectivity index (χ2v) is 10.2. The molecule has 5 nitrogen and oxygen atoms in total. The van der Waals surface area contributed by atoms with Gasteiger partial charge in [0.1, 0.15) is 11.9 Å². The van der Waals surface area contributed by atoms with Gasteiger partial charge in [0, 0.05) is 23.6 Å². The molecule has 0 saturated carbocycles. The highest BCUT2D eigenvalue weighted by atomic mass is 35.5. The average Bonchev–Trinajstić information content (AvgIpc) is 3.32. The van der Waals surface area contributed by atoms with E-state index < -0.39 is 41.6 Å². The zero-order valence-corrected chi connectivity index (χ0v) is 22.0. The molecule has 0 aromatic heterocycles. The Balaban J connectivity index is 1.72. The Hall–Kier alpha value is -3.86. The number of piperidine rings is 1. The molecule has 2 aliphatic heterocycles. The number of alkyl halides is 6. The van der Waals surface area contributed by atoms with E-state index in [0.29, 0.717) is 12.0 Å². The number of Topliss-reactive ketones (excluding diaryl/α,β-unsaturated/α-hetero) is 1. The fourth-order valence-corrected chi connectivity index (χ4v) is 5.37. The first-order valence-corrected chi connectivity index (χ1v) is 13.0. The number of likely N-dealkylation sites (tertiary alicyclic amines) is 1. The van der Waals surface area contributed by atoms with Crippen LogP contribution < -0.4 is 0 Å². The van der Waals surface area contributed by atoms with Gasteiger partial charge in [-0.15, -0.1) is 0 Å². The van der Waals surface area contributed by atoms with E-state index in [-0.39, 0.29) is 47.3 Å². The maximum Gasteiger partial charge on any atom is 0.417 e. The number of carbonyl (C=O) groups excluding carboxylic acids is 2. The lowest BCUT2D eigenvalue weighted by atomic mass is 9.93. The van der Waals surface area contributed by atoms with E-state index in [9.17, 15) is 35.9 Å². The van der Waals surface area contributed by atoms with Gasteiger partial charge >= 0.3 is 18.4 Å². The fraction of sp³-hybridized carbons (Fsp3) is 0.276. The van der Waals surface area contributed by atoms with E-state index in [0.717, 1.165) is 23.1 Å². The maximum atomic E-state index is 14.1. The van der Waals surface area contributed by atoms with E-state index in [4.69, 9.17) is 11.6 Å². The first-order chi connectivity index (χ1) is 19.3. The minimum Gasteiger partial charge on any atom is -0.317 e. The number of halogens is 7. The van der Waals surface area contributed by atoms with Crippen LogP contribution in [0.2, 0.25) is 5.02 Å². The van der Waals surface area contributed by atoms with Gasteiger partial charge in [0.2, 0.25) is 0 Å². The molecule has 1 saturated heterocycles. The summed E-state index contributed by atoms with van der Waals surface area (Å²) < 4.78 is 82.3. The molecule has 2 heterocycles. The molecule has 2 aliphatic rings. The van der Waals surface area contributed by atoms with Crippen molar-refractivity contribution in [3.05, 3.63) is 106 Å². The highest BCUT2D eigenvalue weighted by Crippen LogP contribution is 2.46. The summed E-state index contributed by atoms with van der Waals surface area (Å²) >= 11 is 6.25. The number of hydrogen-bond donors (Lipinski definition) is 0. The summed E-state index contributed by atoms with van der Waals surface area (Å²) in [7, 11) is 0. The second-order valence-electron chi connectivity index (χ2n) is 9.78. The van der Waals surface area contributed by atoms with Gasteiger partial charge in [0.05, 0.1) is 23.7 Å². The summed E-state index contributed by atoms with van der Waals surface area (Å²) in [6, 6.07) is 12.1. The zero-order chi connectivity index (χ0) is 29.5. The summed E-state index contributed by atoms with van der Waals surface area (Å²) in [5.74, 6) is -0.507. The van der Waals surface area contributed by atoms with Crippen molar-refractivity contribution < 1.29 is 35.9 Å². The molecule has 214 valence electrons. The summed E-state index contributed by atoms with van der Waals surface area (Å²) in [5.41, 5.74) is -1.68. The van der Waals surface area contributed by atoms with Crippen molar-refractivity contribution in [1.29, 1.82) is 0 Å². The molecule has 0 aliphatic carbocycles. The van der Waals surface area contributed by atoms with E-state index >= 15 is 0 Å². The molecule has 12 heteroatoms. The minimum atomic E-state index is -4.80. The Morgan fingerprint density at radius 3 is 2.22 bits per heavy atom. The number of carbonyl (C=O) groups is 2. The highest BCUT2D eigenvalue weighted by Gasteiger charge is 2.47. The molecule has 3 aromatic carbocycles. The van der Waals surface area contributed by atoms with Crippen LogP contribution >= 0.6 is 11.6 Å². The number of benzene rings is 3. The molecule has 0 radical (unpaired) electrons. The van der Waals surface area contributed by atoms with Crippen molar-refractivity contribution >= 4 is 29.3 Å². The van der Waals surface area contributed by atoms with Crippen molar-refractivity contribution in [3.8, 4) is 0 Å². The van der Waals surface area contributed by atoms with Gasteiger partial charge in [-0.05, 0) is 47.9 Å². The van der Waals surface area contributed by atoms with Crippen LogP contribution in [0.15, 0.2) is 77.8 Å². The number of nitrogens with zero attached hydrogens (tertiary/aromatic N) is 3. The number of ketones is 1. The largest absolute Gasteiger partial charge is 0.417 e. The van der Waals surface area contributed by atoms with Gasteiger partial charge in [-0.2, -0.15) is 26.3 Å². The van der Waals surface area contributed by atoms with Crippen LogP contribution in [-0.2, 0) is 17.1 Å². The van der Waals surface area contributed by atoms with Crippen LogP contribution in [0.3, 0.4) is 0 Å². The number of amides is 2. The molecule has 41 heavy (non-hydrogen) atoms. The Labute approximate surface area is 236 Å². The fourth-order valence-electron chi connectivity index (χ4n) is 5.17. The molecular weight excluding hydrogens is 572 g/mol. The number of hydrogen-bond acceptors (Lipinski definition) is 3. The lowest BCUT2D eigenvalue weighted by molar-refractivity contribution is -0.138. The Bertz CT molecular complexity index is 1500. The lowest BCUT2D eigenvalue weighted by Gasteiger charge is -2.35. The van der Waals surface area contributed by atoms with Gasteiger partial charge < -0.3 is 4.90 Å². The minimum absolute atomic E-state index is 0.197. The third-order valence-corrected chi connectivity index (χ3v) is 7.27. The number of aliphatic imine (C=N–C) groups is 1. The summed E-state index contributed by atoms with van der Waals surface area (Å²) in [4.78, 5) is 33.2. The molecule has 2 unspecified atom stereocenters. The molecule has 0 bridgehead atoms. The van der Waals surface area contributed by atoms with Crippen LogP contribution in [-0.4, -0.2) is 40.5 Å². The van der Waals surface area contributed by atoms with Crippen molar-refractivity contribution in [1.82, 2.24) is 9.80 Å². The predicted octanol–water partition coefficient (Wildman–Crippen LogP) is 7.71. The molecule has 3 aromatic rings. The molecule has 5 rings (SSSR count). The van der Waals surface area contributed by atoms with Gasteiger partial charge in [0.15, 0.2) is 5.78 Å². The monoisotopic (exact) mass is 593 g/mol. The topological polar surface area (TPSA) is 53.0 Å². The molecule has 1 fully saturated rings. The highest BCUT2D eigenvalue weighted by molar-refractivity contribution is 6.30. The molecular formula is C29H22ClF6N3O2. The van der Waals surface area contributed by atoms with Crippen LogP contribution in [0.5, 0.6) is 0 Å². The normalized spacial score (nSPS) is 19.9. The number of rotatable bonds is 3. The first-order valence-electron chi connectivity index (χ1n) is 12.6. The summed E-state index contributed by atoms with van der Waals surface area (Å²) in [6.07, 6.45) is -8.75. The van der Waals surface area contributed by atoms with Gasteiger partial charge in [-0.1, -0.05) is 54.1 Å². The number of urea groups is 1. The van der Waals surface area contributed by atoms with E-state index in [2.05, 4.69) is 4.99 Å². The van der Waals surface area contributed by atoms with E-state index in [1.807, 2.05) is 0 Å². The summed E-state index contributed by atoms with van der Waals surface area (Å²) in [5, 5.41) is 0.276. The zero-order valence-electron chi connectivity index (χ0n) is 21.2. The Kier molecular flexibility index (Phi) is 7.58. The van der Waals surface area contributed by atoms with Gasteiger partial charge in [-0.25, -0.2) is 4.79 Å². The summed E-state index contributed by atoms with van der Waals surface area (Å²) in [6.45, 7) is -0.0285. The quantitative estimate of drug-likeness (QED) is 0.292. The van der Waals surface area contributed by atoms with Crippen molar-refractivity contribution in [2.75, 3.05) is 13.1 Å². The smallest absolute Gasteiger partial charge is 0.317 e. The molecule has 0 N–H and O–H groups in total. The Morgan fingerprint density at radius 1 is 0.878 bits per heavy atom. The van der Waals surface area contributed by atoms with Crippen LogP contribution in [0, 0.1) is 0 Å². The molecule has 2 amide bonds. The van der Waals surface area contributed by atoms with Crippen molar-refractivity contribution in [3.63, 3.8) is 0 Å².